The monoisotopic (exact) mass is 206 g/mol. The van der Waals surface area contributed by atoms with E-state index in [0.29, 0.717) is 16.7 Å². The van der Waals surface area contributed by atoms with Crippen LogP contribution in [0.15, 0.2) is 22.8 Å². The van der Waals surface area contributed by atoms with Crippen molar-refractivity contribution in [2.75, 3.05) is 0 Å². The van der Waals surface area contributed by atoms with E-state index in [1.54, 1.807) is 13.0 Å². The van der Waals surface area contributed by atoms with Crippen molar-refractivity contribution in [2.45, 2.75) is 13.3 Å². The second-order valence-electron chi connectivity index (χ2n) is 3.47. The Morgan fingerprint density at radius 3 is 2.87 bits per heavy atom. The number of hydrogen-bond donors (Lipinski definition) is 2. The molecule has 0 aliphatic heterocycles. The molecular formula is C11H10O4. The Labute approximate surface area is 85.8 Å². The smallest absolute Gasteiger partial charge is 0.307 e. The van der Waals surface area contributed by atoms with Crippen LogP contribution < -0.4 is 0 Å². The van der Waals surface area contributed by atoms with Crippen LogP contribution in [0.3, 0.4) is 0 Å². The van der Waals surface area contributed by atoms with Crippen LogP contribution >= 0.6 is 0 Å². The minimum absolute atomic E-state index is 0.0722. The zero-order valence-electron chi connectivity index (χ0n) is 8.15. The van der Waals surface area contributed by atoms with Crippen molar-refractivity contribution >= 4 is 16.9 Å². The zero-order valence-corrected chi connectivity index (χ0v) is 8.15. The first kappa shape index (κ1) is 9.58. The van der Waals surface area contributed by atoms with Gasteiger partial charge in [-0.05, 0) is 18.6 Å². The highest BCUT2D eigenvalue weighted by Gasteiger charge is 2.11. The van der Waals surface area contributed by atoms with Crippen LogP contribution in [-0.4, -0.2) is 16.2 Å². The minimum Gasteiger partial charge on any atom is -0.508 e. The standard InChI is InChI=1S/C11H10O4/c1-6-2-8-7(3-11(13)14)5-15-10(8)4-9(6)12/h2,4-5,12H,3H2,1H3,(H,13,14). The van der Waals surface area contributed by atoms with Gasteiger partial charge in [-0.2, -0.15) is 0 Å². The van der Waals surface area contributed by atoms with Gasteiger partial charge in [-0.1, -0.05) is 0 Å². The summed E-state index contributed by atoms with van der Waals surface area (Å²) >= 11 is 0. The maximum absolute atomic E-state index is 10.6. The van der Waals surface area contributed by atoms with Gasteiger partial charge in [0, 0.05) is 17.0 Å². The van der Waals surface area contributed by atoms with Gasteiger partial charge >= 0.3 is 5.97 Å². The number of benzene rings is 1. The van der Waals surface area contributed by atoms with E-state index < -0.39 is 5.97 Å². The fraction of sp³-hybridized carbons (Fsp3) is 0.182. The summed E-state index contributed by atoms with van der Waals surface area (Å²) in [5, 5.41) is 18.9. The third-order valence-electron chi connectivity index (χ3n) is 2.31. The van der Waals surface area contributed by atoms with Crippen molar-refractivity contribution in [1.29, 1.82) is 0 Å². The maximum Gasteiger partial charge on any atom is 0.307 e. The minimum atomic E-state index is -0.900. The molecule has 0 spiro atoms. The van der Waals surface area contributed by atoms with Gasteiger partial charge in [0.1, 0.15) is 11.3 Å². The van der Waals surface area contributed by atoms with Gasteiger partial charge < -0.3 is 14.6 Å². The van der Waals surface area contributed by atoms with Crippen LogP contribution in [0.2, 0.25) is 0 Å². The SMILES string of the molecule is Cc1cc2c(CC(=O)O)coc2cc1O. The summed E-state index contributed by atoms with van der Waals surface area (Å²) in [6.07, 6.45) is 1.34. The fourth-order valence-corrected chi connectivity index (χ4v) is 1.52. The Balaban J connectivity index is 2.59. The Kier molecular flexibility index (Phi) is 2.11. The molecular weight excluding hydrogens is 196 g/mol. The molecule has 0 unspecified atom stereocenters. The number of aromatic hydroxyl groups is 1. The molecule has 0 bridgehead atoms. The van der Waals surface area contributed by atoms with Crippen LogP contribution in [0, 0.1) is 6.92 Å². The van der Waals surface area contributed by atoms with Crippen LogP contribution in [0.4, 0.5) is 0 Å². The number of phenolic OH excluding ortho intramolecular Hbond substituents is 1. The second kappa shape index (κ2) is 3.31. The van der Waals surface area contributed by atoms with Crippen LogP contribution in [-0.2, 0) is 11.2 Å². The molecule has 4 heteroatoms. The molecule has 0 aliphatic rings. The molecule has 78 valence electrons. The highest BCUT2D eigenvalue weighted by atomic mass is 16.4. The zero-order chi connectivity index (χ0) is 11.0. The van der Waals surface area contributed by atoms with Gasteiger partial charge in [-0.3, -0.25) is 4.79 Å². The van der Waals surface area contributed by atoms with Crippen molar-refractivity contribution in [1.82, 2.24) is 0 Å². The van der Waals surface area contributed by atoms with E-state index in [1.807, 2.05) is 0 Å². The number of fused-ring (bicyclic) bond motifs is 1. The van der Waals surface area contributed by atoms with E-state index in [9.17, 15) is 9.90 Å². The number of aryl methyl sites for hydroxylation is 1. The van der Waals surface area contributed by atoms with Crippen molar-refractivity contribution in [3.63, 3.8) is 0 Å². The molecule has 0 radical (unpaired) electrons. The quantitative estimate of drug-likeness (QED) is 0.789. The third kappa shape index (κ3) is 1.66. The number of hydrogen-bond acceptors (Lipinski definition) is 3. The summed E-state index contributed by atoms with van der Waals surface area (Å²) in [5.74, 6) is -0.748. The molecule has 15 heavy (non-hydrogen) atoms. The molecule has 2 aromatic rings. The number of phenols is 1. The summed E-state index contributed by atoms with van der Waals surface area (Å²) in [7, 11) is 0. The number of aliphatic carboxylic acids is 1. The van der Waals surface area contributed by atoms with Gasteiger partial charge in [0.15, 0.2) is 0 Å². The Morgan fingerprint density at radius 1 is 1.47 bits per heavy atom. The number of carboxylic acid groups (broad SMARTS) is 1. The number of rotatable bonds is 2. The molecule has 0 aliphatic carbocycles. The Morgan fingerprint density at radius 2 is 2.20 bits per heavy atom. The molecule has 4 nitrogen and oxygen atoms in total. The third-order valence-corrected chi connectivity index (χ3v) is 2.31. The molecule has 1 aromatic carbocycles. The van der Waals surface area contributed by atoms with E-state index >= 15 is 0 Å². The van der Waals surface area contributed by atoms with Crippen LogP contribution in [0.1, 0.15) is 11.1 Å². The lowest BCUT2D eigenvalue weighted by Gasteiger charge is -1.98. The van der Waals surface area contributed by atoms with Gasteiger partial charge in [-0.15, -0.1) is 0 Å². The lowest BCUT2D eigenvalue weighted by Crippen LogP contribution is -1.98. The number of carboxylic acids is 1. The summed E-state index contributed by atoms with van der Waals surface area (Å²) in [6.45, 7) is 1.76. The number of carbonyl (C=O) groups is 1. The average Bonchev–Trinajstić information content (AvgIpc) is 2.49. The van der Waals surface area contributed by atoms with Crippen LogP contribution in [0.25, 0.3) is 11.0 Å². The molecule has 0 saturated heterocycles. The van der Waals surface area contributed by atoms with Crippen molar-refractivity contribution in [3.8, 4) is 5.75 Å². The molecule has 2 rings (SSSR count). The molecule has 1 aromatic heterocycles. The fourth-order valence-electron chi connectivity index (χ4n) is 1.52. The predicted octanol–water partition coefficient (Wildman–Crippen LogP) is 2.07. The van der Waals surface area contributed by atoms with Crippen molar-refractivity contribution < 1.29 is 19.4 Å². The lowest BCUT2D eigenvalue weighted by molar-refractivity contribution is -0.136. The highest BCUT2D eigenvalue weighted by Crippen LogP contribution is 2.28. The lowest BCUT2D eigenvalue weighted by atomic mass is 10.1. The van der Waals surface area contributed by atoms with Gasteiger partial charge in [-0.25, -0.2) is 0 Å². The van der Waals surface area contributed by atoms with E-state index in [4.69, 9.17) is 9.52 Å². The first-order valence-electron chi connectivity index (χ1n) is 4.49. The second-order valence-corrected chi connectivity index (χ2v) is 3.47. The number of furan rings is 1. The molecule has 0 saturated carbocycles. The molecule has 2 N–H and O–H groups in total. The van der Waals surface area contributed by atoms with Crippen molar-refractivity contribution in [2.24, 2.45) is 0 Å². The Hall–Kier alpha value is -1.97. The van der Waals surface area contributed by atoms with E-state index in [1.165, 1.54) is 12.3 Å². The highest BCUT2D eigenvalue weighted by molar-refractivity contribution is 5.86. The first-order valence-corrected chi connectivity index (χ1v) is 4.49. The molecule has 0 amide bonds. The summed E-state index contributed by atoms with van der Waals surface area (Å²) in [6, 6.07) is 3.22. The predicted molar refractivity (Wildman–Crippen MR) is 54.0 cm³/mol. The summed E-state index contributed by atoms with van der Waals surface area (Å²) in [4.78, 5) is 10.6. The van der Waals surface area contributed by atoms with Crippen molar-refractivity contribution in [3.05, 3.63) is 29.5 Å². The van der Waals surface area contributed by atoms with Gasteiger partial charge in [0.05, 0.1) is 12.7 Å². The molecule has 0 fully saturated rings. The summed E-state index contributed by atoms with van der Waals surface area (Å²) in [5.41, 5.74) is 1.84. The molecule has 0 atom stereocenters. The topological polar surface area (TPSA) is 70.7 Å². The average molecular weight is 206 g/mol. The molecule has 1 heterocycles. The van der Waals surface area contributed by atoms with E-state index in [2.05, 4.69) is 0 Å². The van der Waals surface area contributed by atoms with Gasteiger partial charge in [0.2, 0.25) is 0 Å². The maximum atomic E-state index is 10.6. The van der Waals surface area contributed by atoms with Gasteiger partial charge in [0.25, 0.3) is 0 Å². The van der Waals surface area contributed by atoms with E-state index in [0.717, 1.165) is 5.39 Å². The van der Waals surface area contributed by atoms with Crippen LogP contribution in [0.5, 0.6) is 5.75 Å². The largest absolute Gasteiger partial charge is 0.508 e. The Bertz CT molecular complexity index is 525. The van der Waals surface area contributed by atoms with E-state index in [-0.39, 0.29) is 12.2 Å². The normalized spacial score (nSPS) is 10.7. The summed E-state index contributed by atoms with van der Waals surface area (Å²) < 4.78 is 5.16. The first-order chi connectivity index (χ1) is 7.08.